The van der Waals surface area contributed by atoms with Gasteiger partial charge in [0, 0.05) is 23.1 Å². The molecular formula is C28H22N2O3. The third-order valence-corrected chi connectivity index (χ3v) is 6.21. The molecular weight excluding hydrogens is 412 g/mol. The van der Waals surface area contributed by atoms with Crippen molar-refractivity contribution in [2.45, 2.75) is 26.4 Å². The van der Waals surface area contributed by atoms with Crippen LogP contribution >= 0.6 is 0 Å². The Morgan fingerprint density at radius 3 is 2.85 bits per heavy atom. The van der Waals surface area contributed by atoms with Crippen LogP contribution in [0.15, 0.2) is 77.2 Å². The van der Waals surface area contributed by atoms with Crippen LogP contribution in [-0.4, -0.2) is 10.9 Å². The number of hydrogen-bond donors (Lipinski definition) is 1. The number of carbonyl (C=O) groups is 1. The van der Waals surface area contributed by atoms with Gasteiger partial charge in [0.15, 0.2) is 0 Å². The molecule has 5 aromatic rings. The van der Waals surface area contributed by atoms with Gasteiger partial charge in [0.2, 0.25) is 5.91 Å². The summed E-state index contributed by atoms with van der Waals surface area (Å²) in [6.45, 7) is 2.38. The van der Waals surface area contributed by atoms with Gasteiger partial charge in [0.05, 0.1) is 16.6 Å². The van der Waals surface area contributed by atoms with Crippen molar-refractivity contribution in [1.29, 1.82) is 0 Å². The molecule has 0 saturated heterocycles. The predicted octanol–water partition coefficient (Wildman–Crippen LogP) is 6.42. The normalized spacial score (nSPS) is 13.2. The second-order valence-corrected chi connectivity index (χ2v) is 8.39. The Morgan fingerprint density at radius 2 is 1.91 bits per heavy atom. The summed E-state index contributed by atoms with van der Waals surface area (Å²) in [5, 5.41) is 5.05. The average Bonchev–Trinajstić information content (AvgIpc) is 3.28. The number of benzene rings is 3. The summed E-state index contributed by atoms with van der Waals surface area (Å²) in [7, 11) is 0. The summed E-state index contributed by atoms with van der Waals surface area (Å²) in [5.74, 6) is 1.59. The van der Waals surface area contributed by atoms with Crippen LogP contribution in [0.2, 0.25) is 0 Å². The Labute approximate surface area is 191 Å². The van der Waals surface area contributed by atoms with Crippen molar-refractivity contribution in [1.82, 2.24) is 4.98 Å². The number of nitrogens with one attached hydrogen (secondary N) is 1. The molecule has 0 fully saturated rings. The number of amides is 1. The summed E-state index contributed by atoms with van der Waals surface area (Å²) in [5.41, 5.74) is 6.69. The second-order valence-electron chi connectivity index (χ2n) is 8.39. The summed E-state index contributed by atoms with van der Waals surface area (Å²) in [4.78, 5) is 16.6. The molecule has 0 saturated carbocycles. The van der Waals surface area contributed by atoms with Crippen LogP contribution in [0.5, 0.6) is 5.75 Å². The van der Waals surface area contributed by atoms with Gasteiger partial charge in [-0.2, -0.15) is 0 Å². The first-order valence-electron chi connectivity index (χ1n) is 11.1. The van der Waals surface area contributed by atoms with Crippen LogP contribution in [0.25, 0.3) is 33.2 Å². The smallest absolute Gasteiger partial charge is 0.224 e. The monoisotopic (exact) mass is 434 g/mol. The minimum Gasteiger partial charge on any atom is -0.487 e. The Morgan fingerprint density at radius 1 is 1.00 bits per heavy atom. The molecule has 0 bridgehead atoms. The van der Waals surface area contributed by atoms with E-state index >= 15 is 0 Å². The first kappa shape index (κ1) is 19.6. The molecule has 0 spiro atoms. The van der Waals surface area contributed by atoms with Gasteiger partial charge in [0.25, 0.3) is 0 Å². The zero-order chi connectivity index (χ0) is 22.4. The lowest BCUT2D eigenvalue weighted by Crippen LogP contribution is -2.20. The molecule has 1 N–H and O–H groups in total. The van der Waals surface area contributed by atoms with Crippen molar-refractivity contribution in [3.05, 3.63) is 89.6 Å². The van der Waals surface area contributed by atoms with Crippen molar-refractivity contribution < 1.29 is 13.9 Å². The van der Waals surface area contributed by atoms with Crippen LogP contribution < -0.4 is 10.1 Å². The number of hydrogen-bond acceptors (Lipinski definition) is 4. The number of fused-ring (bicyclic) bond motifs is 3. The third kappa shape index (κ3) is 3.52. The van der Waals surface area contributed by atoms with Crippen molar-refractivity contribution in [3.8, 4) is 17.1 Å². The fourth-order valence-corrected chi connectivity index (χ4v) is 4.50. The van der Waals surface area contributed by atoms with E-state index < -0.39 is 0 Å². The second kappa shape index (κ2) is 7.78. The predicted molar refractivity (Wildman–Crippen MR) is 129 cm³/mol. The van der Waals surface area contributed by atoms with E-state index in [1.54, 1.807) is 0 Å². The minimum absolute atomic E-state index is 0.0605. The lowest BCUT2D eigenvalue weighted by atomic mass is 9.93. The molecule has 0 aliphatic carbocycles. The number of ether oxygens (including phenoxy) is 1. The van der Waals surface area contributed by atoms with E-state index in [2.05, 4.69) is 23.5 Å². The molecule has 6 rings (SSSR count). The summed E-state index contributed by atoms with van der Waals surface area (Å²) >= 11 is 0. The first-order valence-corrected chi connectivity index (χ1v) is 11.1. The SMILES string of the molecule is Cc1ccc(-c2cc3c(OCc4ccc5ccccc5n4)cccc3o2)c2c1NC(=O)CC2. The van der Waals surface area contributed by atoms with E-state index in [0.717, 1.165) is 61.5 Å². The number of nitrogens with zero attached hydrogens (tertiary/aromatic N) is 1. The lowest BCUT2D eigenvalue weighted by Gasteiger charge is -2.21. The van der Waals surface area contributed by atoms with Crippen molar-refractivity contribution in [2.75, 3.05) is 5.32 Å². The van der Waals surface area contributed by atoms with Crippen LogP contribution in [-0.2, 0) is 17.8 Å². The molecule has 33 heavy (non-hydrogen) atoms. The number of para-hydroxylation sites is 1. The van der Waals surface area contributed by atoms with Gasteiger partial charge in [0.1, 0.15) is 23.7 Å². The zero-order valence-electron chi connectivity index (χ0n) is 18.2. The van der Waals surface area contributed by atoms with Crippen LogP contribution in [0.3, 0.4) is 0 Å². The van der Waals surface area contributed by atoms with Gasteiger partial charge in [-0.15, -0.1) is 0 Å². The van der Waals surface area contributed by atoms with Gasteiger partial charge < -0.3 is 14.5 Å². The molecule has 5 heteroatoms. The average molecular weight is 434 g/mol. The third-order valence-electron chi connectivity index (χ3n) is 6.21. The minimum atomic E-state index is 0.0605. The van der Waals surface area contributed by atoms with Crippen LogP contribution in [0, 0.1) is 6.92 Å². The molecule has 1 aliphatic rings. The van der Waals surface area contributed by atoms with E-state index in [9.17, 15) is 4.79 Å². The highest BCUT2D eigenvalue weighted by molar-refractivity contribution is 5.97. The fraction of sp³-hybridized carbons (Fsp3) is 0.143. The van der Waals surface area contributed by atoms with Gasteiger partial charge in [-0.1, -0.05) is 42.5 Å². The standard InChI is InChI=1S/C28H22N2O3/c1-17-9-12-20(21-13-14-27(31)30-28(17)21)26-15-22-24(7-4-8-25(22)33-26)32-16-19-11-10-18-5-2-3-6-23(18)29-19/h2-12,15H,13-14,16H2,1H3,(H,30,31). The molecule has 1 amide bonds. The number of carbonyl (C=O) groups excluding carboxylic acids is 1. The largest absolute Gasteiger partial charge is 0.487 e. The maximum Gasteiger partial charge on any atom is 0.224 e. The van der Waals surface area contributed by atoms with E-state index in [1.807, 2.05) is 61.5 Å². The van der Waals surface area contributed by atoms with E-state index in [1.165, 1.54) is 0 Å². The highest BCUT2D eigenvalue weighted by atomic mass is 16.5. The quantitative estimate of drug-likeness (QED) is 0.354. The number of anilines is 1. The summed E-state index contributed by atoms with van der Waals surface area (Å²) in [6, 6.07) is 24.1. The molecule has 3 heterocycles. The van der Waals surface area contributed by atoms with E-state index in [0.29, 0.717) is 19.4 Å². The van der Waals surface area contributed by atoms with Crippen molar-refractivity contribution in [2.24, 2.45) is 0 Å². The molecule has 0 unspecified atom stereocenters. The van der Waals surface area contributed by atoms with Crippen LogP contribution in [0.4, 0.5) is 5.69 Å². The highest BCUT2D eigenvalue weighted by Gasteiger charge is 2.22. The molecule has 2 aromatic heterocycles. The van der Waals surface area contributed by atoms with Gasteiger partial charge in [-0.05, 0) is 54.8 Å². The Bertz CT molecular complexity index is 1530. The molecule has 0 radical (unpaired) electrons. The van der Waals surface area contributed by atoms with E-state index in [-0.39, 0.29) is 5.91 Å². The van der Waals surface area contributed by atoms with Crippen LogP contribution in [0.1, 0.15) is 23.2 Å². The highest BCUT2D eigenvalue weighted by Crippen LogP contribution is 2.39. The van der Waals surface area contributed by atoms with Crippen molar-refractivity contribution >= 4 is 33.5 Å². The molecule has 0 atom stereocenters. The zero-order valence-corrected chi connectivity index (χ0v) is 18.2. The summed E-state index contributed by atoms with van der Waals surface area (Å²) in [6.07, 6.45) is 1.18. The van der Waals surface area contributed by atoms with Gasteiger partial charge >= 0.3 is 0 Å². The topological polar surface area (TPSA) is 64.4 Å². The number of pyridine rings is 1. The molecule has 5 nitrogen and oxygen atoms in total. The summed E-state index contributed by atoms with van der Waals surface area (Å²) < 4.78 is 12.4. The first-order chi connectivity index (χ1) is 16.2. The van der Waals surface area contributed by atoms with Gasteiger partial charge in [-0.3, -0.25) is 4.79 Å². The number of aryl methyl sites for hydroxylation is 1. The fourth-order valence-electron chi connectivity index (χ4n) is 4.50. The Balaban J connectivity index is 1.34. The van der Waals surface area contributed by atoms with Crippen molar-refractivity contribution in [3.63, 3.8) is 0 Å². The maximum absolute atomic E-state index is 11.9. The Hall–Kier alpha value is -4.12. The van der Waals surface area contributed by atoms with Gasteiger partial charge in [-0.25, -0.2) is 4.98 Å². The number of aromatic nitrogens is 1. The number of rotatable bonds is 4. The number of furan rings is 1. The Kier molecular flexibility index (Phi) is 4.61. The molecule has 162 valence electrons. The lowest BCUT2D eigenvalue weighted by molar-refractivity contribution is -0.116. The van der Waals surface area contributed by atoms with E-state index in [4.69, 9.17) is 14.1 Å². The maximum atomic E-state index is 11.9. The molecule has 1 aliphatic heterocycles. The molecule has 3 aromatic carbocycles.